The van der Waals surface area contributed by atoms with Crippen LogP contribution in [0.2, 0.25) is 0 Å². The van der Waals surface area contributed by atoms with Crippen LogP contribution in [0.3, 0.4) is 0 Å². The summed E-state index contributed by atoms with van der Waals surface area (Å²) in [6.07, 6.45) is 0. The van der Waals surface area contributed by atoms with E-state index in [4.69, 9.17) is 5.84 Å². The number of para-hydroxylation sites is 2. The zero-order chi connectivity index (χ0) is 8.27. The van der Waals surface area contributed by atoms with Crippen LogP contribution in [0.1, 0.15) is 0 Å². The van der Waals surface area contributed by atoms with E-state index < -0.39 is 0 Å². The van der Waals surface area contributed by atoms with Gasteiger partial charge in [0.1, 0.15) is 0 Å². The molecule has 1 aromatic rings. The summed E-state index contributed by atoms with van der Waals surface area (Å²) in [6, 6.07) is 7.57. The van der Waals surface area contributed by atoms with E-state index in [-0.39, 0.29) is 0 Å². The molecule has 0 bridgehead atoms. The average molecular weight is 149 g/mol. The Morgan fingerprint density at radius 1 is 1.45 bits per heavy atom. The van der Waals surface area contributed by atoms with E-state index >= 15 is 0 Å². The Hall–Kier alpha value is -1.35. The Labute approximate surface area is 66.1 Å². The molecule has 0 atom stereocenters. The van der Waals surface area contributed by atoms with Gasteiger partial charge in [0.25, 0.3) is 0 Å². The lowest BCUT2D eigenvalue weighted by molar-refractivity contribution is 1.02. The summed E-state index contributed by atoms with van der Waals surface area (Å²) in [6.45, 7) is 3.44. The molecule has 0 unspecified atom stereocenters. The fourth-order valence-corrected chi connectivity index (χ4v) is 0.896. The van der Waals surface area contributed by atoms with Crippen molar-refractivity contribution in [2.45, 2.75) is 0 Å². The van der Waals surface area contributed by atoms with Gasteiger partial charge in [-0.15, -0.1) is 0 Å². The Bertz CT molecular complexity index is 255. The van der Waals surface area contributed by atoms with Crippen LogP contribution in [0.5, 0.6) is 0 Å². The van der Waals surface area contributed by atoms with Crippen molar-refractivity contribution in [3.63, 3.8) is 0 Å². The largest absolute Gasteiger partial charge is 0.312 e. The van der Waals surface area contributed by atoms with Crippen LogP contribution < -0.4 is 10.9 Å². The van der Waals surface area contributed by atoms with Crippen molar-refractivity contribution in [3.05, 3.63) is 24.3 Å². The quantitative estimate of drug-likeness (QED) is 0.391. The van der Waals surface area contributed by atoms with Gasteiger partial charge in [0.2, 0.25) is 0 Å². The molecule has 1 rings (SSSR count). The summed E-state index contributed by atoms with van der Waals surface area (Å²) < 4.78 is 0. The lowest BCUT2D eigenvalue weighted by atomic mass is 10.2. The van der Waals surface area contributed by atoms with Gasteiger partial charge in [0.15, 0.2) is 0 Å². The fourth-order valence-electron chi connectivity index (χ4n) is 0.896. The molecule has 0 aromatic heterocycles. The van der Waals surface area contributed by atoms with Gasteiger partial charge >= 0.3 is 0 Å². The number of rotatable bonds is 2. The zero-order valence-corrected chi connectivity index (χ0v) is 6.49. The second-order valence-corrected chi connectivity index (χ2v) is 2.26. The molecule has 0 heterocycles. The molecular weight excluding hydrogens is 138 g/mol. The predicted molar refractivity (Wildman–Crippen MR) is 48.2 cm³/mol. The predicted octanol–water partition coefficient (Wildman–Crippen LogP) is 1.33. The highest BCUT2D eigenvalue weighted by molar-refractivity contribution is 5.67. The van der Waals surface area contributed by atoms with Gasteiger partial charge in [0, 0.05) is 7.05 Å². The van der Waals surface area contributed by atoms with E-state index in [1.165, 1.54) is 5.01 Å². The third-order valence-corrected chi connectivity index (χ3v) is 1.43. The number of hydrogen-bond donors (Lipinski definition) is 1. The highest BCUT2D eigenvalue weighted by Gasteiger charge is 1.99. The van der Waals surface area contributed by atoms with Crippen LogP contribution in [-0.2, 0) is 0 Å². The smallest absolute Gasteiger partial charge is 0.0869 e. The van der Waals surface area contributed by atoms with Crippen molar-refractivity contribution < 1.29 is 0 Å². The molecule has 0 fully saturated rings. The molecule has 1 aromatic carbocycles. The van der Waals surface area contributed by atoms with E-state index in [0.29, 0.717) is 0 Å². The Kier molecular flexibility index (Phi) is 2.23. The molecule has 11 heavy (non-hydrogen) atoms. The van der Waals surface area contributed by atoms with E-state index in [0.717, 1.165) is 11.4 Å². The van der Waals surface area contributed by atoms with Crippen molar-refractivity contribution in [3.8, 4) is 0 Å². The maximum absolute atomic E-state index is 5.54. The topological polar surface area (TPSA) is 41.6 Å². The second kappa shape index (κ2) is 3.16. The molecule has 58 valence electrons. The number of hydrazine groups is 1. The van der Waals surface area contributed by atoms with Gasteiger partial charge in [-0.1, -0.05) is 12.1 Å². The minimum absolute atomic E-state index is 0.803. The summed E-state index contributed by atoms with van der Waals surface area (Å²) in [5, 5.41) is 1.52. The van der Waals surface area contributed by atoms with Crippen LogP contribution in [0.4, 0.5) is 11.4 Å². The maximum atomic E-state index is 5.54. The van der Waals surface area contributed by atoms with Gasteiger partial charge in [-0.2, -0.15) is 0 Å². The van der Waals surface area contributed by atoms with Gasteiger partial charge in [-0.05, 0) is 18.9 Å². The summed E-state index contributed by atoms with van der Waals surface area (Å²) >= 11 is 0. The summed E-state index contributed by atoms with van der Waals surface area (Å²) in [5.41, 5.74) is 1.68. The molecule has 0 spiro atoms. The number of aliphatic imine (C=N–C) groups is 1. The highest BCUT2D eigenvalue weighted by Crippen LogP contribution is 2.24. The van der Waals surface area contributed by atoms with Crippen molar-refractivity contribution in [1.82, 2.24) is 0 Å². The molecule has 0 aliphatic heterocycles. The molecule has 0 aliphatic carbocycles. The van der Waals surface area contributed by atoms with E-state index in [2.05, 4.69) is 11.7 Å². The first kappa shape index (κ1) is 7.75. The molecule has 0 saturated carbocycles. The normalized spacial score (nSPS) is 9.27. The standard InChI is InChI=1S/C8H11N3/c1-10-7-5-3-4-6-8(7)11(2)9/h3-6H,1,9H2,2H3. The first-order valence-electron chi connectivity index (χ1n) is 3.30. The minimum Gasteiger partial charge on any atom is -0.312 e. The van der Waals surface area contributed by atoms with Gasteiger partial charge in [-0.25, -0.2) is 5.84 Å². The first-order valence-corrected chi connectivity index (χ1v) is 3.30. The van der Waals surface area contributed by atoms with Crippen LogP contribution in [0, 0.1) is 0 Å². The number of benzene rings is 1. The van der Waals surface area contributed by atoms with Crippen LogP contribution in [0.25, 0.3) is 0 Å². The molecule has 2 N–H and O–H groups in total. The zero-order valence-electron chi connectivity index (χ0n) is 6.49. The highest BCUT2D eigenvalue weighted by atomic mass is 15.4. The number of hydrogen-bond acceptors (Lipinski definition) is 3. The Morgan fingerprint density at radius 3 is 2.55 bits per heavy atom. The van der Waals surface area contributed by atoms with Gasteiger partial charge < -0.3 is 5.01 Å². The van der Waals surface area contributed by atoms with Crippen molar-refractivity contribution in [2.24, 2.45) is 10.8 Å². The summed E-state index contributed by atoms with van der Waals surface area (Å²) in [5.74, 6) is 5.54. The molecule has 3 nitrogen and oxygen atoms in total. The molecule has 0 radical (unpaired) electrons. The third kappa shape index (κ3) is 1.56. The van der Waals surface area contributed by atoms with Crippen molar-refractivity contribution in [2.75, 3.05) is 12.1 Å². The average Bonchev–Trinajstić information content (AvgIpc) is 2.04. The van der Waals surface area contributed by atoms with Gasteiger partial charge in [-0.3, -0.25) is 4.99 Å². The van der Waals surface area contributed by atoms with Gasteiger partial charge in [0.05, 0.1) is 11.4 Å². The maximum Gasteiger partial charge on any atom is 0.0869 e. The lowest BCUT2D eigenvalue weighted by Gasteiger charge is -2.13. The fraction of sp³-hybridized carbons (Fsp3) is 0.125. The summed E-state index contributed by atoms with van der Waals surface area (Å²) in [7, 11) is 1.77. The lowest BCUT2D eigenvalue weighted by Crippen LogP contribution is -2.24. The van der Waals surface area contributed by atoms with Crippen LogP contribution >= 0.6 is 0 Å². The number of anilines is 1. The van der Waals surface area contributed by atoms with E-state index in [1.54, 1.807) is 7.05 Å². The monoisotopic (exact) mass is 149 g/mol. The van der Waals surface area contributed by atoms with Crippen molar-refractivity contribution >= 4 is 18.1 Å². The van der Waals surface area contributed by atoms with Crippen LogP contribution in [-0.4, -0.2) is 13.8 Å². The molecule has 3 heteroatoms. The molecule has 0 saturated heterocycles. The Morgan fingerprint density at radius 2 is 2.09 bits per heavy atom. The minimum atomic E-state index is 0.803. The van der Waals surface area contributed by atoms with Crippen LogP contribution in [0.15, 0.2) is 29.3 Å². The number of nitrogens with two attached hydrogens (primary N) is 1. The first-order chi connectivity index (χ1) is 5.25. The third-order valence-electron chi connectivity index (χ3n) is 1.43. The SMILES string of the molecule is C=Nc1ccccc1N(C)N. The van der Waals surface area contributed by atoms with E-state index in [9.17, 15) is 0 Å². The second-order valence-electron chi connectivity index (χ2n) is 2.26. The number of nitrogens with zero attached hydrogens (tertiary/aromatic N) is 2. The molecule has 0 aliphatic rings. The molecule has 0 amide bonds. The van der Waals surface area contributed by atoms with E-state index in [1.807, 2.05) is 24.3 Å². The van der Waals surface area contributed by atoms with Crippen molar-refractivity contribution in [1.29, 1.82) is 0 Å². The molecular formula is C8H11N3. The Balaban J connectivity index is 3.12. The summed E-state index contributed by atoms with van der Waals surface area (Å²) in [4.78, 5) is 3.82.